The standard InChI is InChI=1S/C25H21ClFN5O2.C20H14ClFN4.C15H19BN2O2.C11H7BrClFN2.C11H8ClFN2.C6H6BFO2.C5H4Cl2N2/c1-15-19-12-17(4-7-21(19)29-14-28-15)23-20(26)13-22(31-25(33)32-8-10-34-11-9-32)30-24(23)16-2-5-18(27)6-3-16;1-11-15-8-13(4-7-17(15)25-10-24-11)19-16(21)9-18(23)26-20(19)12-2-5-14(22)6-3-12;1-10-12-8-11(6-7-13(12)18-9-17-10)16-19-14(2,3)15(4,5)20-16;12-10-8(13)5-9(15)16-11(10)6-1-3-7(14)4-2-6;12-8-5-10(15-11(14)6-8)7-1-3-9(13)4-2-7;8-6-3-1-5(2-4-6)7(9)10;6-3-1-4(7)9-5(8)2-3/h2-7,12-14H,8-11H2,1H3,(H,30,31,33);2-10H,1H3,(H2,23,26);6-9H,1-5H3;1-5H,(H2,15,16);1-6H,(H2,14,15);1-4,9-10H;1-2H,(H2,8,9). The first kappa shape index (κ1) is 96.9. The molecular weight excluding hydrogens is 1860 g/mol. The van der Waals surface area contributed by atoms with Crippen LogP contribution in [-0.4, -0.2) is 128 Å². The number of hydrogen-bond acceptors (Lipinski definition) is 21. The number of hydrogen-bond donors (Lipinski definition) is 7. The number of urea groups is 1. The predicted molar refractivity (Wildman–Crippen MR) is 512 cm³/mol. The van der Waals surface area contributed by atoms with E-state index < -0.39 is 7.12 Å². The molecule has 37 heteroatoms. The zero-order valence-electron chi connectivity index (χ0n) is 70.2. The smallest absolute Gasteiger partial charge is 0.423 e. The van der Waals surface area contributed by atoms with Crippen LogP contribution in [0.2, 0.25) is 30.3 Å². The van der Waals surface area contributed by atoms with Gasteiger partial charge >= 0.3 is 20.3 Å². The summed E-state index contributed by atoms with van der Waals surface area (Å²) in [5, 5.41) is 25.5. The van der Waals surface area contributed by atoms with E-state index in [-0.39, 0.29) is 53.4 Å². The Balaban J connectivity index is 0.000000143. The topological polar surface area (TPSA) is 346 Å². The second kappa shape index (κ2) is 43.5. The number of ether oxygens (including phenoxy) is 1. The summed E-state index contributed by atoms with van der Waals surface area (Å²) in [5.41, 5.74) is 36.7. The fraction of sp³-hybridized carbons (Fsp3) is 0.140. The zero-order valence-corrected chi connectivity index (χ0v) is 76.4. The number of nitrogens with zero attached hydrogens (tertiary/aromatic N) is 12. The highest BCUT2D eigenvalue weighted by Crippen LogP contribution is 2.43. The SMILES string of the molecule is Cc1ncnc2ccc(-c3c(Cl)cc(N)nc3-c3ccc(F)cc3)cc12.Cc1ncnc2ccc(-c3c(Cl)cc(NC(=O)N4CCOCC4)nc3-c3ccc(F)cc3)cc12.Cc1ncnc2ccc(B3OC(C)(C)C(C)(C)O3)cc12.Nc1cc(Cl)c(Br)c(-c2ccc(F)cc2)n1.Nc1cc(Cl)cc(-c2ccc(F)cc2)n1.Nc1cc(Cl)cc(Cl)n1.OB(O)c1ccc(F)cc1. The lowest BCUT2D eigenvalue weighted by molar-refractivity contribution is 0.00578. The number of nitrogen functional groups attached to an aromatic ring is 4. The first-order chi connectivity index (χ1) is 61.9. The normalized spacial score (nSPS) is 12.8. The number of halogens is 12. The number of nitrogens with two attached hydrogens (primary N) is 4. The number of pyridine rings is 5. The summed E-state index contributed by atoms with van der Waals surface area (Å²) in [7, 11) is -1.86. The lowest BCUT2D eigenvalue weighted by atomic mass is 9.78. The first-order valence-electron chi connectivity index (χ1n) is 39.5. The molecule has 2 aliphatic rings. The maximum atomic E-state index is 13.6. The maximum Gasteiger partial charge on any atom is 0.494 e. The number of morpholine rings is 1. The first-order valence-corrected chi connectivity index (χ1v) is 42.6. The minimum Gasteiger partial charge on any atom is -0.423 e. The van der Waals surface area contributed by atoms with Crippen LogP contribution in [0.4, 0.5) is 55.8 Å². The molecule has 662 valence electrons. The van der Waals surface area contributed by atoms with Crippen LogP contribution in [0.15, 0.2) is 242 Å². The van der Waals surface area contributed by atoms with E-state index >= 15 is 0 Å². The van der Waals surface area contributed by atoms with Crippen LogP contribution in [0.3, 0.4) is 0 Å². The fourth-order valence-corrected chi connectivity index (χ4v) is 14.9. The van der Waals surface area contributed by atoms with E-state index in [2.05, 4.69) is 105 Å². The van der Waals surface area contributed by atoms with Crippen molar-refractivity contribution in [3.8, 4) is 67.3 Å². The Bertz CT molecular complexity index is 6660. The van der Waals surface area contributed by atoms with E-state index in [0.29, 0.717) is 129 Å². The number of carbonyl (C=O) groups excluding carboxylic acids is 1. The Labute approximate surface area is 783 Å². The van der Waals surface area contributed by atoms with E-state index in [0.717, 1.165) is 88.6 Å². The molecule has 130 heavy (non-hydrogen) atoms. The van der Waals surface area contributed by atoms with Crippen LogP contribution in [0, 0.1) is 49.9 Å². The van der Waals surface area contributed by atoms with Crippen molar-refractivity contribution in [1.82, 2.24) is 59.7 Å². The van der Waals surface area contributed by atoms with Gasteiger partial charge in [-0.15, -0.1) is 0 Å². The van der Waals surface area contributed by atoms with Crippen molar-refractivity contribution in [2.24, 2.45) is 0 Å². The number of nitrogens with one attached hydrogen (secondary N) is 1. The third-order valence-electron chi connectivity index (χ3n) is 20.3. The van der Waals surface area contributed by atoms with Gasteiger partial charge in [-0.25, -0.2) is 81.6 Å². The summed E-state index contributed by atoms with van der Waals surface area (Å²) in [6.45, 7) is 16.0. The summed E-state index contributed by atoms with van der Waals surface area (Å²) in [6, 6.07) is 57.6. The highest BCUT2D eigenvalue weighted by Gasteiger charge is 2.52. The van der Waals surface area contributed by atoms with Crippen molar-refractivity contribution in [2.45, 2.75) is 59.7 Å². The van der Waals surface area contributed by atoms with Gasteiger partial charge in [-0.05, 0) is 256 Å². The minimum absolute atomic E-state index is 0.275. The van der Waals surface area contributed by atoms with Crippen molar-refractivity contribution < 1.29 is 50.8 Å². The average molecular weight is 1940 g/mol. The number of anilines is 5. The van der Waals surface area contributed by atoms with Gasteiger partial charge in [0.25, 0.3) is 0 Å². The summed E-state index contributed by atoms with van der Waals surface area (Å²) >= 11 is 39.4. The quantitative estimate of drug-likeness (QED) is 0.0401. The second-order valence-electron chi connectivity index (χ2n) is 30.0. The third kappa shape index (κ3) is 25.3. The Morgan fingerprint density at radius 3 is 1.26 bits per heavy atom. The predicted octanol–water partition coefficient (Wildman–Crippen LogP) is 21.1. The van der Waals surface area contributed by atoms with Gasteiger partial charge in [-0.3, -0.25) is 5.32 Å². The van der Waals surface area contributed by atoms with E-state index in [9.17, 15) is 26.7 Å². The number of aromatic nitrogens is 11. The van der Waals surface area contributed by atoms with Gasteiger partial charge in [0, 0.05) is 102 Å². The zero-order chi connectivity index (χ0) is 93.4. The number of aryl methyl sites for hydroxylation is 3. The molecule has 16 aromatic rings. The van der Waals surface area contributed by atoms with E-state index in [1.165, 1.54) is 91.3 Å². The average Bonchev–Trinajstić information content (AvgIpc) is 1.49. The van der Waals surface area contributed by atoms with Crippen LogP contribution < -0.4 is 39.2 Å². The molecule has 11 N–H and O–H groups in total. The van der Waals surface area contributed by atoms with Gasteiger partial charge in [0.05, 0.1) is 83.3 Å². The molecular formula is C93H79B2BrCl6F5N17O6. The number of carbonyl (C=O) groups is 1. The Morgan fingerprint density at radius 2 is 0.815 bits per heavy atom. The fourth-order valence-electron chi connectivity index (χ4n) is 13.0. The molecule has 0 saturated carbocycles. The van der Waals surface area contributed by atoms with Crippen molar-refractivity contribution in [1.29, 1.82) is 0 Å². The summed E-state index contributed by atoms with van der Waals surface area (Å²) < 4.78 is 82.7. The number of amides is 2. The Hall–Kier alpha value is -12.2. The number of benzene rings is 8. The molecule has 2 amide bonds. The molecule has 0 aliphatic carbocycles. The molecule has 0 spiro atoms. The molecule has 8 aromatic carbocycles. The van der Waals surface area contributed by atoms with Crippen LogP contribution in [-0.2, 0) is 14.0 Å². The number of fused-ring (bicyclic) bond motifs is 3. The van der Waals surface area contributed by atoms with Gasteiger partial charge in [-0.1, -0.05) is 106 Å². The third-order valence-corrected chi connectivity index (χ3v) is 22.9. The van der Waals surface area contributed by atoms with E-state index in [1.807, 2.05) is 69.3 Å². The molecule has 0 unspecified atom stereocenters. The van der Waals surface area contributed by atoms with E-state index in [1.54, 1.807) is 96.4 Å². The molecule has 8 aromatic heterocycles. The highest BCUT2D eigenvalue weighted by atomic mass is 79.9. The Morgan fingerprint density at radius 1 is 0.438 bits per heavy atom. The molecule has 18 rings (SSSR count). The monoisotopic (exact) mass is 1940 g/mol. The molecule has 10 heterocycles. The molecule has 2 saturated heterocycles. The second-order valence-corrected chi connectivity index (χ2v) is 33.2. The Kier molecular flexibility index (Phi) is 32.4. The van der Waals surface area contributed by atoms with Gasteiger partial charge in [0.2, 0.25) is 0 Å². The molecule has 2 aliphatic heterocycles. The van der Waals surface area contributed by atoms with E-state index in [4.69, 9.17) is 122 Å². The van der Waals surface area contributed by atoms with Gasteiger partial charge in [0.1, 0.15) is 82.3 Å². The van der Waals surface area contributed by atoms with Crippen molar-refractivity contribution in [3.63, 3.8) is 0 Å². The molecule has 23 nitrogen and oxygen atoms in total. The molecule has 0 bridgehead atoms. The van der Waals surface area contributed by atoms with Crippen molar-refractivity contribution in [3.05, 3.63) is 318 Å². The van der Waals surface area contributed by atoms with Crippen LogP contribution in [0.1, 0.15) is 44.8 Å². The van der Waals surface area contributed by atoms with Crippen molar-refractivity contribution >= 4 is 179 Å². The van der Waals surface area contributed by atoms with Crippen molar-refractivity contribution in [2.75, 3.05) is 54.6 Å². The lowest BCUT2D eigenvalue weighted by Gasteiger charge is -2.32. The van der Waals surface area contributed by atoms with Gasteiger partial charge in [-0.2, -0.15) is 0 Å². The summed E-state index contributed by atoms with van der Waals surface area (Å²) in [4.78, 5) is 61.2. The van der Waals surface area contributed by atoms with Crippen LogP contribution in [0.25, 0.3) is 100.0 Å². The van der Waals surface area contributed by atoms with Crippen LogP contribution in [0.5, 0.6) is 0 Å². The highest BCUT2D eigenvalue weighted by molar-refractivity contribution is 9.10. The molecule has 0 atom stereocenters. The lowest BCUT2D eigenvalue weighted by Crippen LogP contribution is -2.43. The number of rotatable bonds is 9. The van der Waals surface area contributed by atoms with Gasteiger partial charge in [0.15, 0.2) is 0 Å². The summed E-state index contributed by atoms with van der Waals surface area (Å²) in [5.74, 6) is -0.00597. The largest absolute Gasteiger partial charge is 0.494 e. The van der Waals surface area contributed by atoms with Crippen LogP contribution >= 0.6 is 85.5 Å². The maximum absolute atomic E-state index is 13.6. The summed E-state index contributed by atoms with van der Waals surface area (Å²) in [6.07, 6.45) is 4.66. The molecule has 2 fully saturated rings. The van der Waals surface area contributed by atoms with Gasteiger partial charge < -0.3 is 51.9 Å². The minimum atomic E-state index is -1.51. The molecule has 0 radical (unpaired) electrons.